The van der Waals surface area contributed by atoms with Gasteiger partial charge in [0.05, 0.1) is 25.8 Å². The normalized spacial score (nSPS) is 18.0. The van der Waals surface area contributed by atoms with Crippen molar-refractivity contribution in [2.24, 2.45) is 5.73 Å². The number of anilines is 1. The van der Waals surface area contributed by atoms with Crippen LogP contribution in [0.25, 0.3) is 0 Å². The summed E-state index contributed by atoms with van der Waals surface area (Å²) in [5, 5.41) is 19.1. The molecule has 3 aromatic carbocycles. The standard InChI is InChI=1S/C32H33BrN4O8/c1-43-21-10-8-18(9-11-21)14-26(29(34)39)37-30(40)19-15-25(36-31(41)23-17-22(44-2)12-13-24(23)33)28(38)27(16-19)45-32(42)35-20-6-4-3-5-7-20/h3-13,15,17,25-28,38H,14,16H2,1-2H3,(H2,34,39)(H,35,42)(H,36,41)(H,37,40)/t25-,26+,27-,28-/m1/s1. The fourth-order valence-corrected chi connectivity index (χ4v) is 5.10. The number of rotatable bonds is 11. The first-order valence-corrected chi connectivity index (χ1v) is 14.7. The monoisotopic (exact) mass is 680 g/mol. The van der Waals surface area contributed by atoms with Gasteiger partial charge in [0.1, 0.15) is 29.7 Å². The molecule has 0 heterocycles. The first-order chi connectivity index (χ1) is 21.6. The van der Waals surface area contributed by atoms with E-state index in [1.165, 1.54) is 26.4 Å². The third-order valence-electron chi connectivity index (χ3n) is 7.08. The van der Waals surface area contributed by atoms with Gasteiger partial charge in [-0.2, -0.15) is 0 Å². The molecule has 1 aliphatic carbocycles. The van der Waals surface area contributed by atoms with E-state index in [2.05, 4.69) is 31.9 Å². The first kappa shape index (κ1) is 33.0. The van der Waals surface area contributed by atoms with Crippen LogP contribution in [0.15, 0.2) is 88.9 Å². The predicted molar refractivity (Wildman–Crippen MR) is 169 cm³/mol. The molecule has 0 spiro atoms. The number of primary amides is 1. The van der Waals surface area contributed by atoms with Crippen molar-refractivity contribution in [1.29, 1.82) is 0 Å². The molecular weight excluding hydrogens is 648 g/mol. The smallest absolute Gasteiger partial charge is 0.411 e. The topological polar surface area (TPSA) is 178 Å². The van der Waals surface area contributed by atoms with E-state index in [9.17, 15) is 24.3 Å². The zero-order valence-electron chi connectivity index (χ0n) is 24.5. The maximum Gasteiger partial charge on any atom is 0.411 e. The van der Waals surface area contributed by atoms with Crippen molar-refractivity contribution in [2.75, 3.05) is 19.5 Å². The molecule has 0 saturated carbocycles. The van der Waals surface area contributed by atoms with Crippen molar-refractivity contribution in [3.63, 3.8) is 0 Å². The molecule has 12 nitrogen and oxygen atoms in total. The van der Waals surface area contributed by atoms with Crippen molar-refractivity contribution in [1.82, 2.24) is 10.6 Å². The molecule has 3 aromatic rings. The van der Waals surface area contributed by atoms with E-state index in [1.54, 1.807) is 66.7 Å². The summed E-state index contributed by atoms with van der Waals surface area (Å²) in [5.41, 5.74) is 7.06. The second kappa shape index (κ2) is 15.2. The summed E-state index contributed by atoms with van der Waals surface area (Å²) >= 11 is 3.34. The van der Waals surface area contributed by atoms with E-state index >= 15 is 0 Å². The molecule has 0 radical (unpaired) electrons. The minimum Gasteiger partial charge on any atom is -0.497 e. The van der Waals surface area contributed by atoms with Gasteiger partial charge in [0.25, 0.3) is 5.91 Å². The zero-order chi connectivity index (χ0) is 32.5. The molecule has 4 atom stereocenters. The van der Waals surface area contributed by atoms with Crippen LogP contribution in [0.1, 0.15) is 22.3 Å². The van der Waals surface area contributed by atoms with Crippen LogP contribution in [0.4, 0.5) is 10.5 Å². The number of benzene rings is 3. The molecule has 13 heteroatoms. The molecule has 0 fully saturated rings. The highest BCUT2D eigenvalue weighted by Crippen LogP contribution is 2.26. The van der Waals surface area contributed by atoms with E-state index in [4.69, 9.17) is 19.9 Å². The largest absolute Gasteiger partial charge is 0.497 e. The SMILES string of the molecule is COc1ccc(C[C@H](NC(=O)C2=C[C@@H](NC(=O)c3cc(OC)ccc3Br)[C@@H](O)[C@H](OC(=O)Nc3ccccc3)C2)C(N)=O)cc1. The number of carbonyl (C=O) groups is 4. The fraction of sp³-hybridized carbons (Fsp3) is 0.250. The Bertz CT molecular complexity index is 1570. The number of ether oxygens (including phenoxy) is 3. The van der Waals surface area contributed by atoms with Crippen LogP contribution in [0.2, 0.25) is 0 Å². The Morgan fingerprint density at radius 1 is 0.956 bits per heavy atom. The fourth-order valence-electron chi connectivity index (χ4n) is 4.67. The van der Waals surface area contributed by atoms with Gasteiger partial charge in [-0.25, -0.2) is 4.79 Å². The van der Waals surface area contributed by atoms with Crippen molar-refractivity contribution in [2.45, 2.75) is 37.1 Å². The van der Waals surface area contributed by atoms with E-state index in [1.807, 2.05) is 0 Å². The Morgan fingerprint density at radius 2 is 1.62 bits per heavy atom. The highest BCUT2D eigenvalue weighted by atomic mass is 79.9. The van der Waals surface area contributed by atoms with Crippen LogP contribution in [0, 0.1) is 0 Å². The van der Waals surface area contributed by atoms with E-state index < -0.39 is 48.1 Å². The number of carbonyl (C=O) groups excluding carboxylic acids is 4. The summed E-state index contributed by atoms with van der Waals surface area (Å²) in [6, 6.07) is 18.0. The van der Waals surface area contributed by atoms with Crippen molar-refractivity contribution in [3.05, 3.63) is 100 Å². The van der Waals surface area contributed by atoms with E-state index in [0.29, 0.717) is 21.7 Å². The van der Waals surface area contributed by atoms with Crippen LogP contribution in [0.5, 0.6) is 11.5 Å². The van der Waals surface area contributed by atoms with Gasteiger partial charge in [0, 0.05) is 28.6 Å². The van der Waals surface area contributed by atoms with Crippen molar-refractivity contribution >= 4 is 45.4 Å². The highest BCUT2D eigenvalue weighted by Gasteiger charge is 2.38. The highest BCUT2D eigenvalue weighted by molar-refractivity contribution is 9.10. The van der Waals surface area contributed by atoms with Gasteiger partial charge in [0.15, 0.2) is 0 Å². The molecule has 4 rings (SSSR count). The Morgan fingerprint density at radius 3 is 2.27 bits per heavy atom. The van der Waals surface area contributed by atoms with Gasteiger partial charge in [-0.3, -0.25) is 19.7 Å². The number of aliphatic hydroxyl groups excluding tert-OH is 1. The lowest BCUT2D eigenvalue weighted by atomic mass is 9.89. The molecule has 0 saturated heterocycles. The molecule has 0 aliphatic heterocycles. The van der Waals surface area contributed by atoms with Gasteiger partial charge in [-0.1, -0.05) is 36.4 Å². The second-order valence-electron chi connectivity index (χ2n) is 10.1. The lowest BCUT2D eigenvalue weighted by Gasteiger charge is -2.34. The second-order valence-corrected chi connectivity index (χ2v) is 11.0. The number of nitrogens with one attached hydrogen (secondary N) is 3. The number of hydrogen-bond donors (Lipinski definition) is 5. The van der Waals surface area contributed by atoms with E-state index in [-0.39, 0.29) is 24.0 Å². The zero-order valence-corrected chi connectivity index (χ0v) is 26.1. The van der Waals surface area contributed by atoms with E-state index in [0.717, 1.165) is 5.56 Å². The number of para-hydroxylation sites is 1. The lowest BCUT2D eigenvalue weighted by Crippen LogP contribution is -2.53. The van der Waals surface area contributed by atoms with Gasteiger partial charge < -0.3 is 35.7 Å². The minimum absolute atomic E-state index is 0.0637. The summed E-state index contributed by atoms with van der Waals surface area (Å²) in [4.78, 5) is 51.8. The average molecular weight is 682 g/mol. The van der Waals surface area contributed by atoms with Gasteiger partial charge >= 0.3 is 6.09 Å². The number of hydrogen-bond acceptors (Lipinski definition) is 8. The number of amides is 4. The molecule has 0 unspecified atom stereocenters. The summed E-state index contributed by atoms with van der Waals surface area (Å²) in [7, 11) is 2.99. The van der Waals surface area contributed by atoms with Gasteiger partial charge in [-0.05, 0) is 64.0 Å². The molecule has 4 amide bonds. The molecule has 6 N–H and O–H groups in total. The maximum atomic E-state index is 13.5. The van der Waals surface area contributed by atoms with Crippen molar-refractivity contribution < 1.29 is 38.5 Å². The molecule has 0 bridgehead atoms. The Balaban J connectivity index is 1.56. The van der Waals surface area contributed by atoms with Crippen LogP contribution in [0.3, 0.4) is 0 Å². The van der Waals surface area contributed by atoms with Crippen LogP contribution < -0.4 is 31.2 Å². The quantitative estimate of drug-likeness (QED) is 0.205. The van der Waals surface area contributed by atoms with Crippen LogP contribution >= 0.6 is 15.9 Å². The summed E-state index contributed by atoms with van der Waals surface area (Å²) in [6.07, 6.45) is -2.29. The Labute approximate surface area is 268 Å². The molecule has 0 aromatic heterocycles. The molecular formula is C32H33BrN4O8. The predicted octanol–water partition coefficient (Wildman–Crippen LogP) is 3.09. The summed E-state index contributed by atoms with van der Waals surface area (Å²) < 4.78 is 16.4. The first-order valence-electron chi connectivity index (χ1n) is 13.9. The molecule has 1 aliphatic rings. The van der Waals surface area contributed by atoms with Crippen LogP contribution in [-0.4, -0.2) is 67.4 Å². The number of methoxy groups -OCH3 is 2. The number of nitrogens with two attached hydrogens (primary N) is 1. The van der Waals surface area contributed by atoms with Crippen LogP contribution in [-0.2, 0) is 20.7 Å². The van der Waals surface area contributed by atoms with Gasteiger partial charge in [0.2, 0.25) is 11.8 Å². The number of aliphatic hydroxyl groups is 1. The molecule has 45 heavy (non-hydrogen) atoms. The van der Waals surface area contributed by atoms with Gasteiger partial charge in [-0.15, -0.1) is 0 Å². The third kappa shape index (κ3) is 8.83. The maximum absolute atomic E-state index is 13.5. The lowest BCUT2D eigenvalue weighted by molar-refractivity contribution is -0.125. The number of halogens is 1. The Kier molecular flexibility index (Phi) is 11.2. The third-order valence-corrected chi connectivity index (χ3v) is 7.78. The minimum atomic E-state index is -1.43. The Hall–Kier alpha value is -4.88. The average Bonchev–Trinajstić information content (AvgIpc) is 3.03. The summed E-state index contributed by atoms with van der Waals surface area (Å²) in [6.45, 7) is 0. The molecule has 236 valence electrons. The summed E-state index contributed by atoms with van der Waals surface area (Å²) in [5.74, 6) is -0.988. The van der Waals surface area contributed by atoms with Crippen molar-refractivity contribution in [3.8, 4) is 11.5 Å².